The number of piperidine rings is 1. The number of likely N-dealkylation sites (tertiary alicyclic amines) is 1. The second-order valence-corrected chi connectivity index (χ2v) is 6.93. The van der Waals surface area contributed by atoms with Crippen LogP contribution in [0.5, 0.6) is 5.75 Å². The number of hydrogen-bond donors (Lipinski definition) is 3. The molecule has 0 aromatic heterocycles. The molecule has 1 unspecified atom stereocenters. The van der Waals surface area contributed by atoms with Crippen LogP contribution in [0.25, 0.3) is 0 Å². The molecule has 1 aromatic rings. The number of aliphatic hydroxyl groups is 1. The monoisotopic (exact) mass is 508 g/mol. The first kappa shape index (κ1) is 24.9. The molecule has 3 N–H and O–H groups in total. The minimum atomic E-state index is -0.358. The zero-order valence-electron chi connectivity index (χ0n) is 16.9. The van der Waals surface area contributed by atoms with E-state index in [4.69, 9.17) is 4.74 Å². The second kappa shape index (κ2) is 13.9. The third-order valence-corrected chi connectivity index (χ3v) is 4.52. The Balaban J connectivity index is 0.00000392. The minimum absolute atomic E-state index is 0. The van der Waals surface area contributed by atoms with Gasteiger partial charge in [-0.15, -0.1) is 24.0 Å². The highest BCUT2D eigenvalue weighted by atomic mass is 127. The van der Waals surface area contributed by atoms with Gasteiger partial charge in [0.2, 0.25) is 0 Å². The molecule has 6 nitrogen and oxygen atoms in total. The Hall–Kier alpha value is -1.13. The Labute approximate surface area is 185 Å². The van der Waals surface area contributed by atoms with E-state index in [0.717, 1.165) is 57.9 Å². The summed E-state index contributed by atoms with van der Waals surface area (Å²) in [5.41, 5.74) is 0. The number of para-hydroxylation sites is 1. The van der Waals surface area contributed by atoms with Crippen LogP contribution >= 0.6 is 24.0 Å². The van der Waals surface area contributed by atoms with Crippen molar-refractivity contribution < 1.29 is 14.2 Å². The molecule has 1 saturated heterocycles. The fourth-order valence-corrected chi connectivity index (χ4v) is 3.01. The van der Waals surface area contributed by atoms with Crippen molar-refractivity contribution in [1.82, 2.24) is 15.5 Å². The molecule has 1 fully saturated rings. The molecule has 1 atom stereocenters. The van der Waals surface area contributed by atoms with Crippen molar-refractivity contribution in [2.45, 2.75) is 45.3 Å². The molecule has 28 heavy (non-hydrogen) atoms. The highest BCUT2D eigenvalue weighted by Gasteiger charge is 2.16. The fourth-order valence-electron chi connectivity index (χ4n) is 3.01. The molecule has 0 amide bonds. The molecule has 0 aliphatic carbocycles. The van der Waals surface area contributed by atoms with Crippen molar-refractivity contribution in [1.29, 1.82) is 0 Å². The molecule has 1 aromatic carbocycles. The summed E-state index contributed by atoms with van der Waals surface area (Å²) in [6.45, 7) is 8.91. The summed E-state index contributed by atoms with van der Waals surface area (Å²) in [6, 6.07) is 6.41. The van der Waals surface area contributed by atoms with Crippen molar-refractivity contribution in [2.24, 2.45) is 4.99 Å². The van der Waals surface area contributed by atoms with Gasteiger partial charge < -0.3 is 25.4 Å². The number of aliphatic hydroxyl groups excluding tert-OH is 1. The van der Waals surface area contributed by atoms with Gasteiger partial charge in [0.1, 0.15) is 6.10 Å². The fraction of sp³-hybridized carbons (Fsp3) is 0.650. The average Bonchev–Trinajstić information content (AvgIpc) is 2.66. The molecule has 0 radical (unpaired) electrons. The average molecular weight is 508 g/mol. The summed E-state index contributed by atoms with van der Waals surface area (Å²) in [5, 5.41) is 16.1. The van der Waals surface area contributed by atoms with Crippen molar-refractivity contribution in [2.75, 3.05) is 39.3 Å². The lowest BCUT2D eigenvalue weighted by molar-refractivity contribution is 0.0823. The van der Waals surface area contributed by atoms with Gasteiger partial charge in [0.25, 0.3) is 0 Å². The first-order chi connectivity index (χ1) is 13.1. The van der Waals surface area contributed by atoms with Crippen LogP contribution in [-0.4, -0.2) is 67.4 Å². The number of aliphatic imine (C=N–C) groups is 1. The largest absolute Gasteiger partial charge is 0.486 e. The third kappa shape index (κ3) is 9.38. The van der Waals surface area contributed by atoms with Crippen LogP contribution in [0.1, 0.15) is 33.1 Å². The van der Waals surface area contributed by atoms with Crippen LogP contribution in [-0.2, 0) is 0 Å². The number of hydrogen-bond acceptors (Lipinski definition) is 4. The Bertz CT molecular complexity index is 583. The molecule has 1 heterocycles. The molecular weight excluding hydrogens is 474 g/mol. The summed E-state index contributed by atoms with van der Waals surface area (Å²) >= 11 is 0. The predicted octanol–water partition coefficient (Wildman–Crippen LogP) is 2.61. The Morgan fingerprint density at radius 3 is 2.71 bits per heavy atom. The SMILES string of the molecule is CCNC(=NCC(C)Oc1ccccc1F)NCCCN1CCC(O)CC1.I. The maximum absolute atomic E-state index is 13.6. The van der Waals surface area contributed by atoms with E-state index in [1.165, 1.54) is 6.07 Å². The van der Waals surface area contributed by atoms with Crippen molar-refractivity contribution in [3.63, 3.8) is 0 Å². The topological polar surface area (TPSA) is 69.1 Å². The molecule has 8 heteroatoms. The van der Waals surface area contributed by atoms with E-state index in [2.05, 4.69) is 20.5 Å². The zero-order chi connectivity index (χ0) is 19.5. The van der Waals surface area contributed by atoms with Crippen LogP contribution in [0.2, 0.25) is 0 Å². The van der Waals surface area contributed by atoms with Gasteiger partial charge in [0.05, 0.1) is 12.6 Å². The highest BCUT2D eigenvalue weighted by molar-refractivity contribution is 14.0. The smallest absolute Gasteiger partial charge is 0.191 e. The van der Waals surface area contributed by atoms with E-state index in [-0.39, 0.29) is 47.8 Å². The minimum Gasteiger partial charge on any atom is -0.486 e. The number of guanidine groups is 1. The lowest BCUT2D eigenvalue weighted by atomic mass is 10.1. The molecule has 0 saturated carbocycles. The van der Waals surface area contributed by atoms with E-state index >= 15 is 0 Å². The van der Waals surface area contributed by atoms with Gasteiger partial charge in [0, 0.05) is 26.2 Å². The second-order valence-electron chi connectivity index (χ2n) is 6.93. The van der Waals surface area contributed by atoms with Crippen molar-refractivity contribution >= 4 is 29.9 Å². The normalized spacial score (nSPS) is 16.9. The van der Waals surface area contributed by atoms with Crippen molar-refractivity contribution in [3.8, 4) is 5.75 Å². The van der Waals surface area contributed by atoms with Gasteiger partial charge in [-0.1, -0.05) is 12.1 Å². The van der Waals surface area contributed by atoms with Gasteiger partial charge >= 0.3 is 0 Å². The van der Waals surface area contributed by atoms with E-state index < -0.39 is 0 Å². The number of nitrogens with one attached hydrogen (secondary N) is 2. The summed E-state index contributed by atoms with van der Waals surface area (Å²) < 4.78 is 19.3. The van der Waals surface area contributed by atoms with E-state index in [1.807, 2.05) is 13.8 Å². The Kier molecular flexibility index (Phi) is 12.4. The first-order valence-electron chi connectivity index (χ1n) is 9.92. The maximum Gasteiger partial charge on any atom is 0.191 e. The lowest BCUT2D eigenvalue weighted by Gasteiger charge is -2.29. The van der Waals surface area contributed by atoms with E-state index in [9.17, 15) is 9.50 Å². The number of ether oxygens (including phenoxy) is 1. The third-order valence-electron chi connectivity index (χ3n) is 4.52. The van der Waals surface area contributed by atoms with E-state index in [0.29, 0.717) is 6.54 Å². The van der Waals surface area contributed by atoms with Crippen molar-refractivity contribution in [3.05, 3.63) is 30.1 Å². The van der Waals surface area contributed by atoms with Crippen LogP contribution < -0.4 is 15.4 Å². The van der Waals surface area contributed by atoms with Crippen LogP contribution in [0.15, 0.2) is 29.3 Å². The molecule has 1 aliphatic heterocycles. The number of benzene rings is 1. The van der Waals surface area contributed by atoms with Crippen LogP contribution in [0.4, 0.5) is 4.39 Å². The maximum atomic E-state index is 13.6. The molecule has 0 spiro atoms. The first-order valence-corrected chi connectivity index (χ1v) is 9.92. The number of nitrogens with zero attached hydrogens (tertiary/aromatic N) is 2. The summed E-state index contributed by atoms with van der Waals surface area (Å²) in [5.74, 6) is 0.643. The standard InChI is InChI=1S/C20H33FN4O2.HI/c1-3-22-20(23-11-6-12-25-13-9-17(26)10-14-25)24-15-16(2)27-19-8-5-4-7-18(19)21;/h4-5,7-8,16-17,26H,3,6,9-15H2,1-2H3,(H2,22,23,24);1H. The summed E-state index contributed by atoms with van der Waals surface area (Å²) in [4.78, 5) is 6.93. The summed E-state index contributed by atoms with van der Waals surface area (Å²) in [6.07, 6.45) is 2.41. The molecule has 2 rings (SSSR count). The number of rotatable bonds is 9. The Morgan fingerprint density at radius 2 is 2.04 bits per heavy atom. The van der Waals surface area contributed by atoms with Crippen LogP contribution in [0, 0.1) is 5.82 Å². The number of halogens is 2. The zero-order valence-corrected chi connectivity index (χ0v) is 19.2. The van der Waals surface area contributed by atoms with Gasteiger partial charge in [-0.3, -0.25) is 0 Å². The summed E-state index contributed by atoms with van der Waals surface area (Å²) in [7, 11) is 0. The predicted molar refractivity (Wildman–Crippen MR) is 122 cm³/mol. The lowest BCUT2D eigenvalue weighted by Crippen LogP contribution is -2.40. The Morgan fingerprint density at radius 1 is 1.32 bits per heavy atom. The van der Waals surface area contributed by atoms with Gasteiger partial charge in [-0.05, 0) is 51.8 Å². The van der Waals surface area contributed by atoms with Gasteiger partial charge in [-0.25, -0.2) is 9.38 Å². The van der Waals surface area contributed by atoms with Crippen LogP contribution in [0.3, 0.4) is 0 Å². The quantitative estimate of drug-likeness (QED) is 0.207. The molecule has 160 valence electrons. The molecule has 1 aliphatic rings. The van der Waals surface area contributed by atoms with E-state index in [1.54, 1.807) is 18.2 Å². The van der Waals surface area contributed by atoms with Gasteiger partial charge in [0.15, 0.2) is 17.5 Å². The van der Waals surface area contributed by atoms with Gasteiger partial charge in [-0.2, -0.15) is 0 Å². The molecule has 0 bridgehead atoms. The highest BCUT2D eigenvalue weighted by Crippen LogP contribution is 2.17. The molecular formula is C20H34FIN4O2.